The Kier molecular flexibility index (Phi) is 2.99. The molecule has 0 aliphatic carbocycles. The number of fused-ring (bicyclic) bond motifs is 1. The SMILES string of the molecule is Cc1c(Br)ccc2c(N)cc(-c3ccccc3)nc12. The number of rotatable bonds is 1. The van der Waals surface area contributed by atoms with E-state index in [0.717, 1.165) is 37.9 Å². The Morgan fingerprint density at radius 2 is 1.79 bits per heavy atom. The molecule has 0 spiro atoms. The monoisotopic (exact) mass is 312 g/mol. The molecule has 3 aromatic rings. The molecule has 0 aliphatic rings. The fourth-order valence-electron chi connectivity index (χ4n) is 2.19. The highest BCUT2D eigenvalue weighted by atomic mass is 79.9. The van der Waals surface area contributed by atoms with Crippen molar-refractivity contribution >= 4 is 32.5 Å². The van der Waals surface area contributed by atoms with Crippen LogP contribution in [-0.2, 0) is 0 Å². The van der Waals surface area contributed by atoms with E-state index in [1.807, 2.05) is 55.5 Å². The number of pyridine rings is 1. The summed E-state index contributed by atoms with van der Waals surface area (Å²) < 4.78 is 1.05. The fraction of sp³-hybridized carbons (Fsp3) is 0.0625. The summed E-state index contributed by atoms with van der Waals surface area (Å²) in [4.78, 5) is 4.76. The molecule has 19 heavy (non-hydrogen) atoms. The highest BCUT2D eigenvalue weighted by molar-refractivity contribution is 9.10. The molecule has 3 rings (SSSR count). The number of halogens is 1. The minimum absolute atomic E-state index is 0.763. The molecule has 1 heterocycles. The van der Waals surface area contributed by atoms with Crippen molar-refractivity contribution in [2.24, 2.45) is 0 Å². The van der Waals surface area contributed by atoms with Crippen LogP contribution in [0.2, 0.25) is 0 Å². The first-order chi connectivity index (χ1) is 9.16. The second kappa shape index (κ2) is 4.67. The summed E-state index contributed by atoms with van der Waals surface area (Å²) in [5, 5.41) is 1.00. The van der Waals surface area contributed by atoms with Crippen LogP contribution in [0.3, 0.4) is 0 Å². The number of hydrogen-bond donors (Lipinski definition) is 1. The van der Waals surface area contributed by atoms with Gasteiger partial charge in [0.1, 0.15) is 0 Å². The highest BCUT2D eigenvalue weighted by Gasteiger charge is 2.09. The second-order valence-corrected chi connectivity index (χ2v) is 5.39. The summed E-state index contributed by atoms with van der Waals surface area (Å²) in [5.41, 5.74) is 11.0. The molecular weight excluding hydrogens is 300 g/mol. The van der Waals surface area contributed by atoms with Crippen molar-refractivity contribution < 1.29 is 0 Å². The second-order valence-electron chi connectivity index (χ2n) is 4.53. The third kappa shape index (κ3) is 2.10. The molecular formula is C16H13BrN2. The Bertz CT molecular complexity index is 752. The number of benzene rings is 2. The van der Waals surface area contributed by atoms with E-state index in [1.165, 1.54) is 0 Å². The van der Waals surface area contributed by atoms with Gasteiger partial charge in [-0.25, -0.2) is 4.98 Å². The molecule has 0 atom stereocenters. The summed E-state index contributed by atoms with van der Waals surface area (Å²) in [6, 6.07) is 16.0. The van der Waals surface area contributed by atoms with E-state index in [9.17, 15) is 0 Å². The molecule has 2 aromatic carbocycles. The summed E-state index contributed by atoms with van der Waals surface area (Å²) in [6.45, 7) is 2.05. The van der Waals surface area contributed by atoms with E-state index < -0.39 is 0 Å². The van der Waals surface area contributed by atoms with Crippen LogP contribution in [0.25, 0.3) is 22.2 Å². The van der Waals surface area contributed by atoms with Crippen molar-refractivity contribution in [3.8, 4) is 11.3 Å². The smallest absolute Gasteiger partial charge is 0.0770 e. The van der Waals surface area contributed by atoms with E-state index in [-0.39, 0.29) is 0 Å². The van der Waals surface area contributed by atoms with Gasteiger partial charge in [-0.2, -0.15) is 0 Å². The number of nitrogen functional groups attached to an aromatic ring is 1. The van der Waals surface area contributed by atoms with Gasteiger partial charge < -0.3 is 5.73 Å². The van der Waals surface area contributed by atoms with Gasteiger partial charge in [-0.15, -0.1) is 0 Å². The first-order valence-corrected chi connectivity index (χ1v) is 6.87. The van der Waals surface area contributed by atoms with Gasteiger partial charge in [-0.05, 0) is 30.7 Å². The molecule has 0 bridgehead atoms. The van der Waals surface area contributed by atoms with Crippen molar-refractivity contribution in [1.82, 2.24) is 4.98 Å². The first-order valence-electron chi connectivity index (χ1n) is 6.07. The number of aryl methyl sites for hydroxylation is 1. The van der Waals surface area contributed by atoms with Gasteiger partial charge >= 0.3 is 0 Å². The molecule has 0 amide bonds. The van der Waals surface area contributed by atoms with Crippen LogP contribution in [0.1, 0.15) is 5.56 Å². The van der Waals surface area contributed by atoms with Crippen molar-refractivity contribution in [2.45, 2.75) is 6.92 Å². The van der Waals surface area contributed by atoms with Crippen molar-refractivity contribution in [3.63, 3.8) is 0 Å². The Hall–Kier alpha value is -1.87. The zero-order valence-electron chi connectivity index (χ0n) is 10.5. The predicted molar refractivity (Wildman–Crippen MR) is 84.0 cm³/mol. The number of nitrogens with two attached hydrogens (primary N) is 1. The van der Waals surface area contributed by atoms with E-state index >= 15 is 0 Å². The number of anilines is 1. The first kappa shape index (κ1) is 12.2. The number of hydrogen-bond acceptors (Lipinski definition) is 2. The molecule has 0 unspecified atom stereocenters. The van der Waals surface area contributed by atoms with Gasteiger partial charge in [0.25, 0.3) is 0 Å². The highest BCUT2D eigenvalue weighted by Crippen LogP contribution is 2.31. The van der Waals surface area contributed by atoms with Gasteiger partial charge in [0.15, 0.2) is 0 Å². The minimum Gasteiger partial charge on any atom is -0.398 e. The zero-order valence-corrected chi connectivity index (χ0v) is 12.1. The van der Waals surface area contributed by atoms with Gasteiger partial charge in [0, 0.05) is 21.1 Å². The molecule has 94 valence electrons. The number of aromatic nitrogens is 1. The lowest BCUT2D eigenvalue weighted by molar-refractivity contribution is 1.35. The molecule has 2 N–H and O–H groups in total. The molecule has 3 heteroatoms. The predicted octanol–water partition coefficient (Wildman–Crippen LogP) is 4.55. The normalized spacial score (nSPS) is 10.8. The maximum atomic E-state index is 6.16. The van der Waals surface area contributed by atoms with Crippen molar-refractivity contribution in [2.75, 3.05) is 5.73 Å². The molecule has 1 aromatic heterocycles. The summed E-state index contributed by atoms with van der Waals surface area (Å²) >= 11 is 3.54. The van der Waals surface area contributed by atoms with E-state index in [4.69, 9.17) is 10.7 Å². The van der Waals surface area contributed by atoms with Crippen molar-refractivity contribution in [1.29, 1.82) is 0 Å². The lowest BCUT2D eigenvalue weighted by Crippen LogP contribution is -1.94. The summed E-state index contributed by atoms with van der Waals surface area (Å²) in [6.07, 6.45) is 0. The molecule has 0 aliphatic heterocycles. The maximum absolute atomic E-state index is 6.16. The number of nitrogens with zero attached hydrogens (tertiary/aromatic N) is 1. The largest absolute Gasteiger partial charge is 0.398 e. The van der Waals surface area contributed by atoms with Crippen LogP contribution in [0.4, 0.5) is 5.69 Å². The van der Waals surface area contributed by atoms with Gasteiger partial charge in [-0.1, -0.05) is 46.3 Å². The quantitative estimate of drug-likeness (QED) is 0.715. The molecule has 2 nitrogen and oxygen atoms in total. The van der Waals surface area contributed by atoms with E-state index in [0.29, 0.717) is 0 Å². The molecule has 0 fully saturated rings. The van der Waals surface area contributed by atoms with Crippen LogP contribution in [0, 0.1) is 6.92 Å². The van der Waals surface area contributed by atoms with Crippen LogP contribution in [0.5, 0.6) is 0 Å². The molecule has 0 saturated carbocycles. The third-order valence-electron chi connectivity index (χ3n) is 3.27. The zero-order chi connectivity index (χ0) is 13.4. The Labute approximate surface area is 120 Å². The average molecular weight is 313 g/mol. The standard InChI is InChI=1S/C16H13BrN2/c1-10-13(17)8-7-12-14(18)9-15(19-16(10)12)11-5-3-2-4-6-11/h2-9H,1H3,(H2,18,19). The third-order valence-corrected chi connectivity index (χ3v) is 4.13. The van der Waals surface area contributed by atoms with Crippen LogP contribution < -0.4 is 5.73 Å². The summed E-state index contributed by atoms with van der Waals surface area (Å²) in [5.74, 6) is 0. The van der Waals surface area contributed by atoms with Crippen LogP contribution in [-0.4, -0.2) is 4.98 Å². The van der Waals surface area contributed by atoms with Gasteiger partial charge in [0.05, 0.1) is 11.2 Å². The molecule has 0 radical (unpaired) electrons. The van der Waals surface area contributed by atoms with E-state index in [1.54, 1.807) is 0 Å². The lowest BCUT2D eigenvalue weighted by atomic mass is 10.1. The Morgan fingerprint density at radius 3 is 2.53 bits per heavy atom. The summed E-state index contributed by atoms with van der Waals surface area (Å²) in [7, 11) is 0. The van der Waals surface area contributed by atoms with Gasteiger partial charge in [-0.3, -0.25) is 0 Å². The van der Waals surface area contributed by atoms with Crippen LogP contribution >= 0.6 is 15.9 Å². The fourth-order valence-corrected chi connectivity index (χ4v) is 2.51. The van der Waals surface area contributed by atoms with Crippen molar-refractivity contribution in [3.05, 3.63) is 58.6 Å². The minimum atomic E-state index is 0.763. The van der Waals surface area contributed by atoms with E-state index in [2.05, 4.69) is 15.9 Å². The Morgan fingerprint density at radius 1 is 1.05 bits per heavy atom. The Balaban J connectivity index is 2.32. The molecule has 0 saturated heterocycles. The average Bonchev–Trinajstić information content (AvgIpc) is 2.44. The topological polar surface area (TPSA) is 38.9 Å². The lowest BCUT2D eigenvalue weighted by Gasteiger charge is -2.09. The maximum Gasteiger partial charge on any atom is 0.0770 e. The van der Waals surface area contributed by atoms with Crippen LogP contribution in [0.15, 0.2) is 53.0 Å². The van der Waals surface area contributed by atoms with Gasteiger partial charge in [0.2, 0.25) is 0 Å².